The van der Waals surface area contributed by atoms with Crippen LogP contribution in [0.3, 0.4) is 0 Å². The van der Waals surface area contributed by atoms with E-state index in [0.29, 0.717) is 22.0 Å². The van der Waals surface area contributed by atoms with E-state index in [1.807, 2.05) is 25.1 Å². The highest BCUT2D eigenvalue weighted by atomic mass is 79.9. The van der Waals surface area contributed by atoms with Crippen molar-refractivity contribution in [3.63, 3.8) is 0 Å². The zero-order chi connectivity index (χ0) is 23.8. The van der Waals surface area contributed by atoms with E-state index < -0.39 is 10.0 Å². The Morgan fingerprint density at radius 2 is 1.82 bits per heavy atom. The van der Waals surface area contributed by atoms with E-state index in [4.69, 9.17) is 23.2 Å². The van der Waals surface area contributed by atoms with E-state index in [1.165, 1.54) is 16.4 Å². The summed E-state index contributed by atoms with van der Waals surface area (Å²) in [5.41, 5.74) is 2.41. The lowest BCUT2D eigenvalue weighted by Gasteiger charge is -2.28. The average molecular weight is 568 g/mol. The number of fused-ring (bicyclic) bond motifs is 1. The molecule has 0 aromatic heterocycles. The first-order valence-corrected chi connectivity index (χ1v) is 13.3. The fourth-order valence-corrected chi connectivity index (χ4v) is 6.28. The third-order valence-electron chi connectivity index (χ3n) is 5.58. The summed E-state index contributed by atoms with van der Waals surface area (Å²) in [6.07, 6.45) is 0.703. The van der Waals surface area contributed by atoms with Crippen LogP contribution in [0.5, 0.6) is 0 Å². The molecule has 33 heavy (non-hydrogen) atoms. The van der Waals surface area contributed by atoms with Crippen molar-refractivity contribution in [3.05, 3.63) is 92.4 Å². The zero-order valence-corrected chi connectivity index (χ0v) is 21.6. The van der Waals surface area contributed by atoms with Gasteiger partial charge in [-0.3, -0.25) is 4.79 Å². The molecule has 0 saturated carbocycles. The lowest BCUT2D eigenvalue weighted by molar-refractivity contribution is -0.119. The lowest BCUT2D eigenvalue weighted by Crippen LogP contribution is -2.44. The molecule has 0 radical (unpaired) electrons. The van der Waals surface area contributed by atoms with Gasteiger partial charge in [0.1, 0.15) is 0 Å². The number of anilines is 1. The minimum atomic E-state index is -3.97. The maximum Gasteiger partial charge on any atom is 0.243 e. The molecule has 0 spiro atoms. The van der Waals surface area contributed by atoms with Gasteiger partial charge in [0.05, 0.1) is 11.4 Å². The SMILES string of the molecule is C[C@@H]1Cc2cc(Br)ccc2N1C(=O)CN(Cc1ccc(Cl)cc1Cl)S(=O)(=O)c1ccccc1. The van der Waals surface area contributed by atoms with Gasteiger partial charge in [0.2, 0.25) is 15.9 Å². The molecule has 0 saturated heterocycles. The van der Waals surface area contributed by atoms with Crippen LogP contribution in [0.2, 0.25) is 10.0 Å². The van der Waals surface area contributed by atoms with Gasteiger partial charge in [-0.2, -0.15) is 4.31 Å². The largest absolute Gasteiger partial charge is 0.308 e. The molecule has 9 heteroatoms. The Morgan fingerprint density at radius 1 is 1.09 bits per heavy atom. The van der Waals surface area contributed by atoms with Crippen molar-refractivity contribution in [2.24, 2.45) is 0 Å². The quantitative estimate of drug-likeness (QED) is 0.371. The van der Waals surface area contributed by atoms with Gasteiger partial charge in [-0.15, -0.1) is 0 Å². The Bertz CT molecular complexity index is 1300. The van der Waals surface area contributed by atoms with Crippen LogP contribution in [0, 0.1) is 0 Å². The number of benzene rings is 3. The topological polar surface area (TPSA) is 57.7 Å². The summed E-state index contributed by atoms with van der Waals surface area (Å²) >= 11 is 15.8. The first-order chi connectivity index (χ1) is 15.7. The van der Waals surface area contributed by atoms with Crippen molar-refractivity contribution in [2.75, 3.05) is 11.4 Å². The molecule has 0 N–H and O–H groups in total. The first kappa shape index (κ1) is 24.2. The third kappa shape index (κ3) is 5.12. The maximum absolute atomic E-state index is 13.5. The van der Waals surface area contributed by atoms with Crippen LogP contribution in [-0.4, -0.2) is 31.2 Å². The zero-order valence-electron chi connectivity index (χ0n) is 17.7. The van der Waals surface area contributed by atoms with E-state index in [-0.39, 0.29) is 29.9 Å². The summed E-state index contributed by atoms with van der Waals surface area (Å²) in [7, 11) is -3.97. The summed E-state index contributed by atoms with van der Waals surface area (Å²) in [5.74, 6) is -0.298. The van der Waals surface area contributed by atoms with Crippen molar-refractivity contribution in [1.29, 1.82) is 0 Å². The minimum Gasteiger partial charge on any atom is -0.308 e. The van der Waals surface area contributed by atoms with E-state index in [0.717, 1.165) is 15.7 Å². The number of nitrogens with zero attached hydrogens (tertiary/aromatic N) is 2. The minimum absolute atomic E-state index is 0.0611. The number of carbonyl (C=O) groups excluding carboxylic acids is 1. The summed E-state index contributed by atoms with van der Waals surface area (Å²) in [6, 6.07) is 18.6. The normalized spacial score (nSPS) is 15.7. The molecule has 1 aliphatic heterocycles. The van der Waals surface area contributed by atoms with Gasteiger partial charge in [0, 0.05) is 32.8 Å². The predicted octanol–water partition coefficient (Wildman–Crippen LogP) is 5.92. The Hall–Kier alpha value is -1.90. The molecule has 1 amide bonds. The van der Waals surface area contributed by atoms with Gasteiger partial charge < -0.3 is 4.90 Å². The molecule has 1 heterocycles. The lowest BCUT2D eigenvalue weighted by atomic mass is 10.1. The Kier molecular flexibility index (Phi) is 7.17. The van der Waals surface area contributed by atoms with Crippen LogP contribution in [0.25, 0.3) is 0 Å². The van der Waals surface area contributed by atoms with Crippen molar-refractivity contribution in [1.82, 2.24) is 4.31 Å². The summed E-state index contributed by atoms with van der Waals surface area (Å²) in [5, 5.41) is 0.791. The molecule has 3 aromatic rings. The van der Waals surface area contributed by atoms with E-state index in [9.17, 15) is 13.2 Å². The second kappa shape index (κ2) is 9.76. The van der Waals surface area contributed by atoms with Crippen molar-refractivity contribution in [3.8, 4) is 0 Å². The number of rotatable bonds is 6. The number of hydrogen-bond acceptors (Lipinski definition) is 3. The highest BCUT2D eigenvalue weighted by molar-refractivity contribution is 9.10. The Balaban J connectivity index is 1.69. The molecule has 0 aliphatic carbocycles. The number of sulfonamides is 1. The van der Waals surface area contributed by atoms with Crippen LogP contribution in [0.4, 0.5) is 5.69 Å². The maximum atomic E-state index is 13.5. The highest BCUT2D eigenvalue weighted by Gasteiger charge is 2.35. The molecule has 3 aromatic carbocycles. The van der Waals surface area contributed by atoms with Crippen LogP contribution >= 0.6 is 39.1 Å². The van der Waals surface area contributed by atoms with Gasteiger partial charge in [-0.25, -0.2) is 8.42 Å². The molecule has 4 rings (SSSR count). The summed E-state index contributed by atoms with van der Waals surface area (Å²) < 4.78 is 29.1. The molecule has 0 unspecified atom stereocenters. The molecule has 1 aliphatic rings. The van der Waals surface area contributed by atoms with Crippen LogP contribution in [0.1, 0.15) is 18.1 Å². The molecule has 172 valence electrons. The fraction of sp³-hybridized carbons (Fsp3) is 0.208. The van der Waals surface area contributed by atoms with Crippen LogP contribution in [0.15, 0.2) is 76.1 Å². The van der Waals surface area contributed by atoms with Gasteiger partial charge in [0.15, 0.2) is 0 Å². The van der Waals surface area contributed by atoms with Crippen molar-refractivity contribution < 1.29 is 13.2 Å². The van der Waals surface area contributed by atoms with Gasteiger partial charge in [0.25, 0.3) is 0 Å². The molecule has 1 atom stereocenters. The van der Waals surface area contributed by atoms with Crippen molar-refractivity contribution >= 4 is 60.7 Å². The first-order valence-electron chi connectivity index (χ1n) is 10.3. The average Bonchev–Trinajstić information content (AvgIpc) is 3.10. The monoisotopic (exact) mass is 566 g/mol. The number of amides is 1. The van der Waals surface area contributed by atoms with Gasteiger partial charge >= 0.3 is 0 Å². The second-order valence-corrected chi connectivity index (χ2v) is 11.6. The number of carbonyl (C=O) groups is 1. The highest BCUT2D eigenvalue weighted by Crippen LogP contribution is 2.35. The molecule has 5 nitrogen and oxygen atoms in total. The second-order valence-electron chi connectivity index (χ2n) is 7.91. The van der Waals surface area contributed by atoms with Crippen molar-refractivity contribution in [2.45, 2.75) is 30.8 Å². The predicted molar refractivity (Wildman–Crippen MR) is 135 cm³/mol. The molecule has 0 bridgehead atoms. The molecule has 0 fully saturated rings. The van der Waals surface area contributed by atoms with Gasteiger partial charge in [-0.05, 0) is 66.9 Å². The standard InChI is InChI=1S/C24H21BrCl2N2O3S/c1-16-11-18-12-19(25)8-10-23(18)29(16)24(30)15-28(14-17-7-9-20(26)13-22(17)27)33(31,32)21-5-3-2-4-6-21/h2-10,12-13,16H,11,14-15H2,1H3/t16-/m1/s1. The number of halogens is 3. The summed E-state index contributed by atoms with van der Waals surface area (Å²) in [4.78, 5) is 15.3. The third-order valence-corrected chi connectivity index (χ3v) is 8.47. The van der Waals surface area contributed by atoms with Gasteiger partial charge in [-0.1, -0.05) is 63.4 Å². The Morgan fingerprint density at radius 3 is 2.52 bits per heavy atom. The van der Waals surface area contributed by atoms with Crippen LogP contribution < -0.4 is 4.90 Å². The number of hydrogen-bond donors (Lipinski definition) is 0. The molecular formula is C24H21BrCl2N2O3S. The van der Waals surface area contributed by atoms with Crippen LogP contribution in [-0.2, 0) is 27.8 Å². The van der Waals surface area contributed by atoms with E-state index in [2.05, 4.69) is 15.9 Å². The fourth-order valence-electron chi connectivity index (χ4n) is 4.01. The Labute approximate surface area is 212 Å². The smallest absolute Gasteiger partial charge is 0.243 e. The van der Waals surface area contributed by atoms with E-state index in [1.54, 1.807) is 41.3 Å². The summed E-state index contributed by atoms with van der Waals surface area (Å²) in [6.45, 7) is 1.57. The molecular weight excluding hydrogens is 547 g/mol. The van der Waals surface area contributed by atoms with E-state index >= 15 is 0 Å².